The van der Waals surface area contributed by atoms with Crippen LogP contribution in [0, 0.1) is 10.1 Å². The fourth-order valence-electron chi connectivity index (χ4n) is 1.86. The topological polar surface area (TPSA) is 79.5 Å². The van der Waals surface area contributed by atoms with Gasteiger partial charge in [0.2, 0.25) is 0 Å². The number of aliphatic hydroxyl groups is 1. The van der Waals surface area contributed by atoms with Crippen LogP contribution >= 0.6 is 0 Å². The Kier molecular flexibility index (Phi) is 3.00. The molecule has 1 fully saturated rings. The molecule has 0 aliphatic carbocycles. The standard InChI is InChI=1S/C10H13N3O3/c14-9-2-1-5-12(7-9)8-3-4-10(11-6-8)13(15)16/h3-4,6,9,14H,1-2,5,7H2/t9-/m0/s1. The summed E-state index contributed by atoms with van der Waals surface area (Å²) < 4.78 is 0. The molecule has 2 rings (SSSR count). The lowest BCUT2D eigenvalue weighted by Gasteiger charge is -2.30. The number of aromatic nitrogens is 1. The van der Waals surface area contributed by atoms with Crippen molar-refractivity contribution in [3.8, 4) is 0 Å². The molecule has 0 radical (unpaired) electrons. The third-order valence-corrected chi connectivity index (χ3v) is 2.68. The van der Waals surface area contributed by atoms with Gasteiger partial charge in [-0.2, -0.15) is 0 Å². The first-order valence-electron chi connectivity index (χ1n) is 5.20. The van der Waals surface area contributed by atoms with E-state index in [2.05, 4.69) is 4.98 Å². The molecule has 86 valence electrons. The molecule has 0 aromatic carbocycles. The molecule has 1 aromatic heterocycles. The Bertz CT molecular complexity index is 379. The van der Waals surface area contributed by atoms with Crippen LogP contribution in [0.15, 0.2) is 18.3 Å². The van der Waals surface area contributed by atoms with E-state index in [1.54, 1.807) is 6.07 Å². The first-order valence-corrected chi connectivity index (χ1v) is 5.20. The van der Waals surface area contributed by atoms with Gasteiger partial charge in [-0.05, 0) is 28.8 Å². The number of nitro groups is 1. The second-order valence-electron chi connectivity index (χ2n) is 3.87. The van der Waals surface area contributed by atoms with E-state index in [4.69, 9.17) is 0 Å². The summed E-state index contributed by atoms with van der Waals surface area (Å²) in [6, 6.07) is 3.06. The number of aliphatic hydroxyl groups excluding tert-OH is 1. The predicted octanol–water partition coefficient (Wildman–Crippen LogP) is 0.951. The van der Waals surface area contributed by atoms with E-state index in [-0.39, 0.29) is 11.9 Å². The third-order valence-electron chi connectivity index (χ3n) is 2.68. The molecule has 0 saturated carbocycles. The van der Waals surface area contributed by atoms with Crippen molar-refractivity contribution in [2.75, 3.05) is 18.0 Å². The van der Waals surface area contributed by atoms with Gasteiger partial charge in [0.1, 0.15) is 0 Å². The Morgan fingerprint density at radius 2 is 2.38 bits per heavy atom. The normalized spacial score (nSPS) is 20.8. The summed E-state index contributed by atoms with van der Waals surface area (Å²) in [5.41, 5.74) is 0.823. The number of pyridine rings is 1. The second kappa shape index (κ2) is 4.44. The van der Waals surface area contributed by atoms with Crippen LogP contribution in [-0.2, 0) is 0 Å². The van der Waals surface area contributed by atoms with Gasteiger partial charge in [0.15, 0.2) is 6.20 Å². The molecule has 1 atom stereocenters. The zero-order valence-corrected chi connectivity index (χ0v) is 8.74. The van der Waals surface area contributed by atoms with E-state index >= 15 is 0 Å². The van der Waals surface area contributed by atoms with E-state index in [1.165, 1.54) is 12.3 Å². The second-order valence-corrected chi connectivity index (χ2v) is 3.87. The van der Waals surface area contributed by atoms with Crippen LogP contribution in [-0.4, -0.2) is 34.2 Å². The largest absolute Gasteiger partial charge is 0.391 e. The quantitative estimate of drug-likeness (QED) is 0.596. The molecule has 2 heterocycles. The van der Waals surface area contributed by atoms with Crippen molar-refractivity contribution in [3.63, 3.8) is 0 Å². The van der Waals surface area contributed by atoms with Crippen molar-refractivity contribution in [2.24, 2.45) is 0 Å². The smallest absolute Gasteiger partial charge is 0.363 e. The minimum Gasteiger partial charge on any atom is -0.391 e. The zero-order chi connectivity index (χ0) is 11.5. The van der Waals surface area contributed by atoms with E-state index in [0.717, 1.165) is 25.1 Å². The Morgan fingerprint density at radius 3 is 2.94 bits per heavy atom. The monoisotopic (exact) mass is 223 g/mol. The number of hydrogen-bond acceptors (Lipinski definition) is 5. The maximum atomic E-state index is 10.4. The van der Waals surface area contributed by atoms with Crippen molar-refractivity contribution >= 4 is 11.5 Å². The first kappa shape index (κ1) is 10.8. The van der Waals surface area contributed by atoms with Gasteiger partial charge in [0.05, 0.1) is 11.8 Å². The predicted molar refractivity (Wildman–Crippen MR) is 58.3 cm³/mol. The summed E-state index contributed by atoms with van der Waals surface area (Å²) >= 11 is 0. The molecule has 1 aliphatic rings. The summed E-state index contributed by atoms with van der Waals surface area (Å²) in [4.78, 5) is 15.7. The number of nitrogens with zero attached hydrogens (tertiary/aromatic N) is 3. The minimum absolute atomic E-state index is 0.152. The van der Waals surface area contributed by atoms with E-state index < -0.39 is 4.92 Å². The molecular weight excluding hydrogens is 210 g/mol. The highest BCUT2D eigenvalue weighted by atomic mass is 16.6. The third kappa shape index (κ3) is 2.27. The van der Waals surface area contributed by atoms with Crippen molar-refractivity contribution in [1.29, 1.82) is 0 Å². The lowest BCUT2D eigenvalue weighted by atomic mass is 10.1. The molecule has 1 saturated heterocycles. The molecule has 1 N–H and O–H groups in total. The van der Waals surface area contributed by atoms with Crippen molar-refractivity contribution in [2.45, 2.75) is 18.9 Å². The first-order chi connectivity index (χ1) is 7.66. The van der Waals surface area contributed by atoms with Gasteiger partial charge in [0, 0.05) is 19.2 Å². The van der Waals surface area contributed by atoms with Crippen molar-refractivity contribution in [3.05, 3.63) is 28.4 Å². The van der Waals surface area contributed by atoms with Gasteiger partial charge in [0.25, 0.3) is 0 Å². The van der Waals surface area contributed by atoms with Crippen LogP contribution in [0.5, 0.6) is 0 Å². The molecule has 6 heteroatoms. The Balaban J connectivity index is 2.11. The number of rotatable bonds is 2. The van der Waals surface area contributed by atoms with Crippen molar-refractivity contribution < 1.29 is 10.0 Å². The summed E-state index contributed by atoms with van der Waals surface area (Å²) in [7, 11) is 0. The van der Waals surface area contributed by atoms with Gasteiger partial charge < -0.3 is 20.1 Å². The van der Waals surface area contributed by atoms with Gasteiger partial charge in [-0.3, -0.25) is 0 Å². The Hall–Kier alpha value is -1.69. The minimum atomic E-state index is -0.519. The molecule has 0 amide bonds. The highest BCUT2D eigenvalue weighted by molar-refractivity contribution is 5.46. The summed E-state index contributed by atoms with van der Waals surface area (Å²) in [5, 5.41) is 19.9. The molecule has 16 heavy (non-hydrogen) atoms. The molecule has 0 unspecified atom stereocenters. The van der Waals surface area contributed by atoms with Crippen molar-refractivity contribution in [1.82, 2.24) is 4.98 Å². The summed E-state index contributed by atoms with van der Waals surface area (Å²) in [6.45, 7) is 1.43. The highest BCUT2D eigenvalue weighted by Gasteiger charge is 2.19. The highest BCUT2D eigenvalue weighted by Crippen LogP contribution is 2.20. The Morgan fingerprint density at radius 1 is 1.56 bits per heavy atom. The lowest BCUT2D eigenvalue weighted by Crippen LogP contribution is -2.38. The van der Waals surface area contributed by atoms with Gasteiger partial charge in [-0.15, -0.1) is 0 Å². The van der Waals surface area contributed by atoms with E-state index in [1.807, 2.05) is 4.90 Å². The maximum absolute atomic E-state index is 10.4. The fraction of sp³-hybridized carbons (Fsp3) is 0.500. The SMILES string of the molecule is O=[N+]([O-])c1ccc(N2CCC[C@H](O)C2)cn1. The average Bonchev–Trinajstić information content (AvgIpc) is 2.29. The molecule has 0 bridgehead atoms. The van der Waals surface area contributed by atoms with Crippen LogP contribution < -0.4 is 4.90 Å². The molecule has 6 nitrogen and oxygen atoms in total. The Labute approximate surface area is 92.7 Å². The van der Waals surface area contributed by atoms with E-state index in [0.29, 0.717) is 6.54 Å². The van der Waals surface area contributed by atoms with Gasteiger partial charge in [-0.1, -0.05) is 0 Å². The summed E-state index contributed by atoms with van der Waals surface area (Å²) in [6.07, 6.45) is 2.91. The van der Waals surface area contributed by atoms with Crippen LogP contribution in [0.4, 0.5) is 11.5 Å². The molecule has 1 aromatic rings. The number of piperidine rings is 1. The van der Waals surface area contributed by atoms with Gasteiger partial charge in [-0.25, -0.2) is 0 Å². The van der Waals surface area contributed by atoms with Crippen LogP contribution in [0.25, 0.3) is 0 Å². The number of hydrogen-bond donors (Lipinski definition) is 1. The van der Waals surface area contributed by atoms with Crippen LogP contribution in [0.1, 0.15) is 12.8 Å². The number of β-amino-alcohol motifs (C(OH)–C–C–N with tert-alkyl or cyclic N) is 1. The van der Waals surface area contributed by atoms with E-state index in [9.17, 15) is 15.2 Å². The molecule has 0 spiro atoms. The van der Waals surface area contributed by atoms with Crippen LogP contribution in [0.2, 0.25) is 0 Å². The average molecular weight is 223 g/mol. The van der Waals surface area contributed by atoms with Gasteiger partial charge >= 0.3 is 5.82 Å². The fourth-order valence-corrected chi connectivity index (χ4v) is 1.86. The zero-order valence-electron chi connectivity index (χ0n) is 8.74. The summed E-state index contributed by atoms with van der Waals surface area (Å²) in [5.74, 6) is -0.152. The van der Waals surface area contributed by atoms with Crippen LogP contribution in [0.3, 0.4) is 0 Å². The molecular formula is C10H13N3O3. The lowest BCUT2D eigenvalue weighted by molar-refractivity contribution is -0.389. The maximum Gasteiger partial charge on any atom is 0.363 e. The number of anilines is 1. The molecule has 1 aliphatic heterocycles.